The predicted octanol–water partition coefficient (Wildman–Crippen LogP) is 4.02. The maximum atomic E-state index is 6.40. The van der Waals surface area contributed by atoms with E-state index < -0.39 is 0 Å². The Kier molecular flexibility index (Phi) is 3.82. The quantitative estimate of drug-likeness (QED) is 0.894. The first-order valence-electron chi connectivity index (χ1n) is 7.17. The lowest BCUT2D eigenvalue weighted by atomic mass is 9.72. The smallest absolute Gasteiger partial charge is 0.0440 e. The van der Waals surface area contributed by atoms with Crippen molar-refractivity contribution in [3.8, 4) is 0 Å². The molecule has 20 heavy (non-hydrogen) atoms. The summed E-state index contributed by atoms with van der Waals surface area (Å²) in [5.41, 5.74) is 4.23. The third-order valence-corrected chi connectivity index (χ3v) is 4.55. The molecule has 2 aromatic rings. The van der Waals surface area contributed by atoms with Gasteiger partial charge in [0.25, 0.3) is 0 Å². The molecule has 0 bridgehead atoms. The maximum Gasteiger partial charge on any atom is 0.0440 e. The molecule has 0 aromatic heterocycles. The molecule has 0 saturated carbocycles. The van der Waals surface area contributed by atoms with E-state index in [2.05, 4.69) is 60.8 Å². The third kappa shape index (κ3) is 2.89. The number of hydrogen-bond donors (Lipinski definition) is 1. The van der Waals surface area contributed by atoms with E-state index in [1.165, 1.54) is 16.7 Å². The first-order valence-corrected chi connectivity index (χ1v) is 7.54. The molecular weight excluding hydrogens is 266 g/mol. The van der Waals surface area contributed by atoms with Crippen LogP contribution in [0.25, 0.3) is 0 Å². The van der Waals surface area contributed by atoms with Crippen molar-refractivity contribution in [1.29, 1.82) is 0 Å². The Labute approximate surface area is 126 Å². The highest BCUT2D eigenvalue weighted by Gasteiger charge is 2.37. The first kappa shape index (κ1) is 13.7. The molecule has 104 valence electrons. The van der Waals surface area contributed by atoms with Gasteiger partial charge in [-0.25, -0.2) is 0 Å². The van der Waals surface area contributed by atoms with Gasteiger partial charge in [0, 0.05) is 23.5 Å². The van der Waals surface area contributed by atoms with Crippen LogP contribution >= 0.6 is 11.6 Å². The van der Waals surface area contributed by atoms with Crippen LogP contribution in [0.15, 0.2) is 48.5 Å². The van der Waals surface area contributed by atoms with Crippen molar-refractivity contribution in [3.63, 3.8) is 0 Å². The van der Waals surface area contributed by atoms with Gasteiger partial charge < -0.3 is 5.32 Å². The van der Waals surface area contributed by atoms with Crippen molar-refractivity contribution < 1.29 is 0 Å². The van der Waals surface area contributed by atoms with Gasteiger partial charge in [-0.05, 0) is 42.5 Å². The van der Waals surface area contributed by atoms with Gasteiger partial charge in [-0.2, -0.15) is 0 Å². The highest BCUT2D eigenvalue weighted by atomic mass is 35.5. The summed E-state index contributed by atoms with van der Waals surface area (Å²) in [5.74, 6) is 0. The molecule has 1 N–H and O–H groups in total. The maximum absolute atomic E-state index is 6.40. The zero-order chi connectivity index (χ0) is 14.0. The summed E-state index contributed by atoms with van der Waals surface area (Å²) < 4.78 is 0. The number of hydrogen-bond acceptors (Lipinski definition) is 1. The van der Waals surface area contributed by atoms with Crippen LogP contribution in [-0.4, -0.2) is 13.1 Å². The van der Waals surface area contributed by atoms with Crippen LogP contribution in [-0.2, 0) is 12.8 Å². The molecule has 0 aliphatic carbocycles. The molecule has 1 saturated heterocycles. The molecule has 1 heterocycles. The average Bonchev–Trinajstić information content (AvgIpc) is 2.40. The minimum atomic E-state index is 0.320. The fourth-order valence-electron chi connectivity index (χ4n) is 3.02. The Morgan fingerprint density at radius 3 is 2.40 bits per heavy atom. The summed E-state index contributed by atoms with van der Waals surface area (Å²) in [4.78, 5) is 0. The van der Waals surface area contributed by atoms with Crippen LogP contribution in [0.2, 0.25) is 5.02 Å². The second-order valence-corrected chi connectivity index (χ2v) is 6.44. The molecule has 0 unspecified atom stereocenters. The van der Waals surface area contributed by atoms with Crippen molar-refractivity contribution in [2.24, 2.45) is 5.41 Å². The van der Waals surface area contributed by atoms with E-state index >= 15 is 0 Å². The molecule has 1 aliphatic rings. The van der Waals surface area contributed by atoms with Gasteiger partial charge in [0.1, 0.15) is 0 Å². The van der Waals surface area contributed by atoms with E-state index in [1.54, 1.807) is 0 Å². The molecule has 3 rings (SSSR count). The lowest BCUT2D eigenvalue weighted by Crippen LogP contribution is -2.56. The predicted molar refractivity (Wildman–Crippen MR) is 85.3 cm³/mol. The lowest BCUT2D eigenvalue weighted by Gasteiger charge is -2.43. The largest absolute Gasteiger partial charge is 0.315 e. The molecule has 0 spiro atoms. The second-order valence-electron chi connectivity index (χ2n) is 6.04. The molecule has 2 aromatic carbocycles. The van der Waals surface area contributed by atoms with Gasteiger partial charge in [-0.1, -0.05) is 54.1 Å². The van der Waals surface area contributed by atoms with Crippen molar-refractivity contribution in [2.45, 2.75) is 19.8 Å². The number of aryl methyl sites for hydroxylation is 1. The highest BCUT2D eigenvalue weighted by molar-refractivity contribution is 6.31. The van der Waals surface area contributed by atoms with E-state index in [1.807, 2.05) is 0 Å². The van der Waals surface area contributed by atoms with Gasteiger partial charge in [-0.3, -0.25) is 0 Å². The van der Waals surface area contributed by atoms with Gasteiger partial charge in [-0.15, -0.1) is 0 Å². The standard InChI is InChI=1S/C18H20ClN/c1-14-7-8-16(17(19)9-14)11-18(12-20-13-18)10-15-5-3-2-4-6-15/h2-9,20H,10-13H2,1H3. The van der Waals surface area contributed by atoms with Gasteiger partial charge >= 0.3 is 0 Å². The summed E-state index contributed by atoms with van der Waals surface area (Å²) in [7, 11) is 0. The topological polar surface area (TPSA) is 12.0 Å². The molecule has 0 amide bonds. The summed E-state index contributed by atoms with van der Waals surface area (Å²) in [6.07, 6.45) is 2.17. The fourth-order valence-corrected chi connectivity index (χ4v) is 3.32. The minimum absolute atomic E-state index is 0.320. The highest BCUT2D eigenvalue weighted by Crippen LogP contribution is 2.34. The van der Waals surface area contributed by atoms with Crippen molar-refractivity contribution >= 4 is 11.6 Å². The van der Waals surface area contributed by atoms with Crippen LogP contribution in [0, 0.1) is 12.3 Å². The van der Waals surface area contributed by atoms with Gasteiger partial charge in [0.2, 0.25) is 0 Å². The second kappa shape index (κ2) is 5.59. The molecule has 1 nitrogen and oxygen atoms in total. The van der Waals surface area contributed by atoms with E-state index in [-0.39, 0.29) is 0 Å². The number of halogens is 1. The molecule has 1 fully saturated rings. The van der Waals surface area contributed by atoms with Crippen LogP contribution < -0.4 is 5.32 Å². The summed E-state index contributed by atoms with van der Waals surface area (Å²) in [6.45, 7) is 4.23. The summed E-state index contributed by atoms with van der Waals surface area (Å²) in [6, 6.07) is 17.2. The summed E-state index contributed by atoms with van der Waals surface area (Å²) >= 11 is 6.40. The number of rotatable bonds is 4. The zero-order valence-electron chi connectivity index (χ0n) is 11.8. The van der Waals surface area contributed by atoms with Gasteiger partial charge in [0.15, 0.2) is 0 Å². The Hall–Kier alpha value is -1.31. The first-order chi connectivity index (χ1) is 9.67. The molecule has 1 aliphatic heterocycles. The fraction of sp³-hybridized carbons (Fsp3) is 0.333. The molecule has 0 atom stereocenters. The zero-order valence-corrected chi connectivity index (χ0v) is 12.6. The van der Waals surface area contributed by atoms with E-state index in [4.69, 9.17) is 11.6 Å². The average molecular weight is 286 g/mol. The van der Waals surface area contributed by atoms with E-state index in [9.17, 15) is 0 Å². The normalized spacial score (nSPS) is 16.7. The van der Waals surface area contributed by atoms with Crippen molar-refractivity contribution in [3.05, 3.63) is 70.2 Å². The van der Waals surface area contributed by atoms with Crippen LogP contribution in [0.3, 0.4) is 0 Å². The SMILES string of the molecule is Cc1ccc(CC2(Cc3ccccc3)CNC2)c(Cl)c1. The Balaban J connectivity index is 1.79. The lowest BCUT2D eigenvalue weighted by molar-refractivity contribution is 0.167. The molecular formula is C18H20ClN. The molecule has 2 heteroatoms. The summed E-state index contributed by atoms with van der Waals surface area (Å²) in [5, 5.41) is 4.34. The monoisotopic (exact) mass is 285 g/mol. The Morgan fingerprint density at radius 2 is 1.80 bits per heavy atom. The van der Waals surface area contributed by atoms with Crippen molar-refractivity contribution in [2.75, 3.05) is 13.1 Å². The minimum Gasteiger partial charge on any atom is -0.315 e. The molecule has 0 radical (unpaired) electrons. The van der Waals surface area contributed by atoms with Crippen molar-refractivity contribution in [1.82, 2.24) is 5.32 Å². The van der Waals surface area contributed by atoms with Gasteiger partial charge in [0.05, 0.1) is 0 Å². The van der Waals surface area contributed by atoms with Crippen LogP contribution in [0.4, 0.5) is 0 Å². The van der Waals surface area contributed by atoms with E-state index in [0.29, 0.717) is 5.41 Å². The number of nitrogens with one attached hydrogen (secondary N) is 1. The van der Waals surface area contributed by atoms with E-state index in [0.717, 1.165) is 31.0 Å². The Bertz CT molecular complexity index is 588. The van der Waals surface area contributed by atoms with Crippen LogP contribution in [0.5, 0.6) is 0 Å². The third-order valence-electron chi connectivity index (χ3n) is 4.20. The number of benzene rings is 2. The Morgan fingerprint density at radius 1 is 1.05 bits per heavy atom. The van der Waals surface area contributed by atoms with Crippen LogP contribution in [0.1, 0.15) is 16.7 Å².